The molecule has 10 aliphatic heterocycles. The molecule has 0 aliphatic carbocycles. The van der Waals surface area contributed by atoms with Crippen LogP contribution in [0.25, 0.3) is 0 Å². The molecule has 792 valence electrons. The van der Waals surface area contributed by atoms with E-state index in [1.54, 1.807) is 7.11 Å². The zero-order valence-corrected chi connectivity index (χ0v) is 97.2. The van der Waals surface area contributed by atoms with Crippen LogP contribution in [0.3, 0.4) is 0 Å². The molecule has 0 aromatic heterocycles. The van der Waals surface area contributed by atoms with Crippen molar-refractivity contribution < 1.29 is 32.5 Å². The van der Waals surface area contributed by atoms with Crippen molar-refractivity contribution in [1.29, 1.82) is 0 Å². The second-order valence-electron chi connectivity index (χ2n) is 49.8. The molecule has 0 bridgehead atoms. The summed E-state index contributed by atoms with van der Waals surface area (Å²) in [4.78, 5) is 25.9. The summed E-state index contributed by atoms with van der Waals surface area (Å²) in [5, 5.41) is 9.24. The molecule has 10 saturated heterocycles. The Kier molecular flexibility index (Phi) is 63.4. The SMILES string of the molecule is CC(C)[C@@H]1CC(COC(F)F)CN1C(C)C.CC(C)[C@@H]1CC(F)CN1C(C)C.CC(C)[C@@H]1CCC(C)N1C(C)C.CC(C)[C@@H]1CCC(CO)N1C(C)C.CC1C[C@@H](C(C)C)N(C(C)C)C1.CC1C[C@@H](C(C)C)N(C(C)C)C1C.CCC1CC[C@@H](C(C)C)N1C(C)C.CCC1C[C@@H](C(C)C)N(C(C)C)C1.COCC1CC[C@@H](C(C)C)N1C(C)C.COCC1C[C@@H](C(C)C)N(C(C)C)C1. The number of rotatable bonds is 30. The first-order valence-corrected chi connectivity index (χ1v) is 56.1. The van der Waals surface area contributed by atoms with E-state index < -0.39 is 12.8 Å². The van der Waals surface area contributed by atoms with Crippen molar-refractivity contribution in [2.24, 2.45) is 88.8 Å². The van der Waals surface area contributed by atoms with Crippen LogP contribution in [0.5, 0.6) is 0 Å². The van der Waals surface area contributed by atoms with Crippen LogP contribution in [-0.2, 0) is 14.2 Å². The normalized spacial score (nSPS) is 31.0. The van der Waals surface area contributed by atoms with Crippen molar-refractivity contribution >= 4 is 0 Å². The topological polar surface area (TPSA) is 80.3 Å². The molecule has 11 unspecified atom stereocenters. The van der Waals surface area contributed by atoms with Crippen molar-refractivity contribution in [1.82, 2.24) is 49.0 Å². The van der Waals surface area contributed by atoms with Crippen molar-refractivity contribution in [2.75, 3.05) is 73.4 Å². The highest BCUT2D eigenvalue weighted by atomic mass is 19.3. The molecule has 0 spiro atoms. The van der Waals surface area contributed by atoms with Gasteiger partial charge >= 0.3 is 6.61 Å². The number of halogens is 3. The Bertz CT molecular complexity index is 2630. The van der Waals surface area contributed by atoms with Crippen LogP contribution in [0.2, 0.25) is 0 Å². The summed E-state index contributed by atoms with van der Waals surface area (Å²) < 4.78 is 52.0. The number of hydrogen-bond donors (Lipinski definition) is 1. The van der Waals surface area contributed by atoms with E-state index in [1.807, 2.05) is 7.11 Å². The lowest BCUT2D eigenvalue weighted by atomic mass is 9.96. The average molecular weight is 1880 g/mol. The Morgan fingerprint density at radius 3 is 0.871 bits per heavy atom. The number of aliphatic hydroxyl groups is 1. The molecule has 10 heterocycles. The zero-order chi connectivity index (χ0) is 102. The van der Waals surface area contributed by atoms with Gasteiger partial charge in [0.1, 0.15) is 6.17 Å². The van der Waals surface area contributed by atoms with Gasteiger partial charge in [0, 0.05) is 198 Å². The minimum absolute atomic E-state index is 0.185. The molecule has 10 aliphatic rings. The van der Waals surface area contributed by atoms with E-state index in [9.17, 15) is 18.3 Å². The predicted molar refractivity (Wildman–Crippen MR) is 572 cm³/mol. The van der Waals surface area contributed by atoms with Gasteiger partial charge in [0.15, 0.2) is 0 Å². The first-order chi connectivity index (χ1) is 61.3. The molecular weight excluding hydrogens is 1640 g/mol. The van der Waals surface area contributed by atoms with Crippen molar-refractivity contribution in [2.45, 2.75) is 585 Å². The number of hydrogen-bond acceptors (Lipinski definition) is 14. The first-order valence-electron chi connectivity index (χ1n) is 56.1. The second kappa shape index (κ2) is 64.8. The molecule has 0 saturated carbocycles. The highest BCUT2D eigenvalue weighted by Gasteiger charge is 2.44. The molecule has 1 N–H and O–H groups in total. The van der Waals surface area contributed by atoms with Crippen LogP contribution >= 0.6 is 0 Å². The third-order valence-corrected chi connectivity index (χ3v) is 32.7. The van der Waals surface area contributed by atoms with Crippen LogP contribution in [0.15, 0.2) is 0 Å². The van der Waals surface area contributed by atoms with Crippen molar-refractivity contribution in [3.63, 3.8) is 0 Å². The van der Waals surface area contributed by atoms with Crippen molar-refractivity contribution in [3.8, 4) is 0 Å². The van der Waals surface area contributed by atoms with Crippen LogP contribution in [0, 0.1) is 88.8 Å². The van der Waals surface area contributed by atoms with Crippen LogP contribution in [0.4, 0.5) is 13.2 Å². The Morgan fingerprint density at radius 2 is 0.576 bits per heavy atom. The smallest absolute Gasteiger partial charge is 0.345 e. The first kappa shape index (κ1) is 129. The van der Waals surface area contributed by atoms with Crippen LogP contribution in [-0.4, -0.2) is 291 Å². The van der Waals surface area contributed by atoms with Gasteiger partial charge in [-0.25, -0.2) is 4.39 Å². The molecule has 0 radical (unpaired) electrons. The summed E-state index contributed by atoms with van der Waals surface area (Å²) >= 11 is 0. The molecular formula is C115H237F3N10O4. The van der Waals surface area contributed by atoms with E-state index >= 15 is 0 Å². The van der Waals surface area contributed by atoms with Gasteiger partial charge in [-0.3, -0.25) is 49.0 Å². The van der Waals surface area contributed by atoms with Gasteiger partial charge in [0.05, 0.1) is 26.4 Å². The molecule has 0 aromatic rings. The summed E-state index contributed by atoms with van der Waals surface area (Å²) in [7, 11) is 3.61. The van der Waals surface area contributed by atoms with Gasteiger partial charge in [0.25, 0.3) is 0 Å². The number of ether oxygens (including phenoxy) is 3. The van der Waals surface area contributed by atoms with E-state index in [-0.39, 0.29) is 12.5 Å². The third kappa shape index (κ3) is 42.3. The summed E-state index contributed by atoms with van der Waals surface area (Å²) in [6.07, 6.45) is 20.0. The standard InChI is InChI=1S/C12H23F2NO.2C12H25NO.3C12H25N.C11H23NO.2C11H23N.C10H20FN/c1-8(2)11-5-10(7-16-12(13)14)6-15(11)9(3)4;1-9(2)12-6-11(8-14-5)7-13(12)10(3)4;1-9(2)12-7-6-11(8-14-5)13(12)10(3)4;1-8(2)12-7-10(5)11(6)13(12)9(3)4;1-6-11-7-12(9(2)3)13(8-11)10(4)5;1-6-11-7-8-12(9(2)3)13(11)10(4)5;1-8(2)11-6-5-10(7-13)12(11)9(3)4;1-8(2)11-6-10(5)7-12(11)9(3)4;1-8(2)11-7-6-10(5)12(11)9(3)4;1-7(2)10-5-9(11)6-12(10)8(3)4/h8-12H,5-7H2,1-4H3;2*9-12H,6-8H2,1-5H3;8-12H,7H2,1-6H3;2*9-12H,6-8H2,1-5H3;8-11,13H,5-7H2,1-4H3;2*8-11H,6-7H2,1-5H3;7-10H,5-6H2,1-4H3/t10?,11-;2*11?,12-;10?,11?,12-;2*11?,12-;3*10?,11-;9?,10-/m0000000000/s1. The van der Waals surface area contributed by atoms with E-state index in [0.717, 1.165) is 189 Å². The highest BCUT2D eigenvalue weighted by Crippen LogP contribution is 2.40. The predicted octanol–water partition coefficient (Wildman–Crippen LogP) is 27.5. The average Bonchev–Trinajstić information content (AvgIpc) is 1.67. The Hall–Kier alpha value is -0.770. The molecule has 10 fully saturated rings. The van der Waals surface area contributed by atoms with Gasteiger partial charge in [0.2, 0.25) is 0 Å². The van der Waals surface area contributed by atoms with Gasteiger partial charge < -0.3 is 19.3 Å². The van der Waals surface area contributed by atoms with Crippen LogP contribution < -0.4 is 0 Å². The van der Waals surface area contributed by atoms with Gasteiger partial charge in [-0.1, -0.05) is 173 Å². The maximum Gasteiger partial charge on any atom is 0.345 e. The molecule has 10 rings (SSSR count). The monoisotopic (exact) mass is 1880 g/mol. The van der Waals surface area contributed by atoms with E-state index in [1.165, 1.54) is 103 Å². The Morgan fingerprint density at radius 1 is 0.280 bits per heavy atom. The van der Waals surface area contributed by atoms with Crippen molar-refractivity contribution in [3.05, 3.63) is 0 Å². The second-order valence-corrected chi connectivity index (χ2v) is 49.8. The molecule has 21 atom stereocenters. The maximum atomic E-state index is 13.1. The van der Waals surface area contributed by atoms with Gasteiger partial charge in [-0.05, 0) is 337 Å². The third-order valence-electron chi connectivity index (χ3n) is 32.7. The number of likely N-dealkylation sites (tertiary alicyclic amines) is 10. The fourth-order valence-electron chi connectivity index (χ4n) is 25.7. The highest BCUT2D eigenvalue weighted by molar-refractivity contribution is 4.99. The minimum Gasteiger partial charge on any atom is -0.395 e. The van der Waals surface area contributed by atoms with Gasteiger partial charge in [-0.15, -0.1) is 0 Å². The summed E-state index contributed by atoms with van der Waals surface area (Å²) in [6, 6.07) is 17.2. The summed E-state index contributed by atoms with van der Waals surface area (Å²) in [6.45, 7) is 111. The maximum absolute atomic E-state index is 13.1. The van der Waals surface area contributed by atoms with E-state index in [2.05, 4.69) is 372 Å². The summed E-state index contributed by atoms with van der Waals surface area (Å²) in [5.41, 5.74) is 0. The molecule has 0 amide bonds. The van der Waals surface area contributed by atoms with E-state index in [4.69, 9.17) is 9.47 Å². The fourth-order valence-corrected chi connectivity index (χ4v) is 25.7. The Labute approximate surface area is 824 Å². The van der Waals surface area contributed by atoms with E-state index in [0.29, 0.717) is 97.4 Å². The molecule has 17 heteroatoms. The minimum atomic E-state index is -2.63. The summed E-state index contributed by atoms with van der Waals surface area (Å²) in [5.74, 6) is 11.2. The number of alkyl halides is 3. The largest absolute Gasteiger partial charge is 0.395 e. The molecule has 14 nitrogen and oxygen atoms in total. The number of nitrogens with zero attached hydrogens (tertiary/aromatic N) is 10. The quantitative estimate of drug-likeness (QED) is 0.0741. The zero-order valence-electron chi connectivity index (χ0n) is 97.2. The molecule has 0 aromatic carbocycles. The number of methoxy groups -OCH3 is 2. The molecule has 132 heavy (non-hydrogen) atoms. The van der Waals surface area contributed by atoms with Gasteiger partial charge in [-0.2, -0.15) is 8.78 Å². The fraction of sp³-hybridized carbons (Fsp3) is 1.00. The lowest BCUT2D eigenvalue weighted by Gasteiger charge is -2.35. The van der Waals surface area contributed by atoms with Crippen LogP contribution in [0.1, 0.15) is 421 Å². The Balaban J connectivity index is 0.000000734. The number of aliphatic hydroxyl groups excluding tert-OH is 1. The lowest BCUT2D eigenvalue weighted by Crippen LogP contribution is -2.45. The lowest BCUT2D eigenvalue weighted by molar-refractivity contribution is -0.137.